The van der Waals surface area contributed by atoms with E-state index in [1.165, 1.54) is 13.3 Å². The Hall–Kier alpha value is -1.52. The molecule has 0 saturated heterocycles. The van der Waals surface area contributed by atoms with E-state index in [0.29, 0.717) is 0 Å². The SMILES string of the molecule is CC.CC(=O)C(C)(C)C(=O)C(C)C.CCc1ncn[nH]1. The van der Waals surface area contributed by atoms with Crippen molar-refractivity contribution in [3.8, 4) is 0 Å². The van der Waals surface area contributed by atoms with E-state index in [0.717, 1.165) is 12.2 Å². The van der Waals surface area contributed by atoms with Gasteiger partial charge in [-0.1, -0.05) is 34.6 Å². The van der Waals surface area contributed by atoms with Crippen LogP contribution in [-0.2, 0) is 16.0 Å². The quantitative estimate of drug-likeness (QED) is 0.861. The second-order valence-corrected chi connectivity index (χ2v) is 4.99. The summed E-state index contributed by atoms with van der Waals surface area (Å²) in [5.74, 6) is 0.843. The summed E-state index contributed by atoms with van der Waals surface area (Å²) in [6, 6.07) is 0. The Labute approximate surface area is 122 Å². The first-order valence-electron chi connectivity index (χ1n) is 7.13. The van der Waals surface area contributed by atoms with Crippen LogP contribution in [0.2, 0.25) is 0 Å². The highest BCUT2D eigenvalue weighted by molar-refractivity contribution is 6.05. The lowest BCUT2D eigenvalue weighted by Crippen LogP contribution is -2.34. The molecule has 0 radical (unpaired) electrons. The zero-order valence-corrected chi connectivity index (χ0v) is 14.1. The lowest BCUT2D eigenvalue weighted by Gasteiger charge is -2.21. The van der Waals surface area contributed by atoms with Crippen LogP contribution in [0.4, 0.5) is 0 Å². The average molecular weight is 283 g/mol. The van der Waals surface area contributed by atoms with E-state index in [1.54, 1.807) is 13.8 Å². The number of ketones is 2. The Morgan fingerprint density at radius 2 is 1.80 bits per heavy atom. The number of H-pyrrole nitrogens is 1. The van der Waals surface area contributed by atoms with Gasteiger partial charge in [0.2, 0.25) is 0 Å². The molecule has 0 unspecified atom stereocenters. The number of nitrogens with zero attached hydrogens (tertiary/aromatic N) is 2. The van der Waals surface area contributed by atoms with Crippen LogP contribution < -0.4 is 0 Å². The van der Waals surface area contributed by atoms with Gasteiger partial charge in [-0.3, -0.25) is 14.7 Å². The molecule has 0 bridgehead atoms. The van der Waals surface area contributed by atoms with Gasteiger partial charge in [-0.25, -0.2) is 4.98 Å². The molecule has 1 N–H and O–H groups in total. The number of carbonyl (C=O) groups excluding carboxylic acids is 2. The third kappa shape index (κ3) is 7.16. The summed E-state index contributed by atoms with van der Waals surface area (Å²) in [5.41, 5.74) is -0.797. The number of Topliss-reactive ketones (excluding diaryl/α,β-unsaturated/α-hetero) is 2. The molecule has 0 aliphatic carbocycles. The van der Waals surface area contributed by atoms with E-state index in [9.17, 15) is 9.59 Å². The predicted molar refractivity (Wildman–Crippen MR) is 81.4 cm³/mol. The van der Waals surface area contributed by atoms with Crippen LogP contribution in [0.1, 0.15) is 61.2 Å². The molecule has 1 rings (SSSR count). The van der Waals surface area contributed by atoms with E-state index in [2.05, 4.69) is 15.2 Å². The first-order chi connectivity index (χ1) is 9.23. The largest absolute Gasteiger partial charge is 0.299 e. The van der Waals surface area contributed by atoms with E-state index < -0.39 is 5.41 Å². The van der Waals surface area contributed by atoms with Crippen molar-refractivity contribution in [2.24, 2.45) is 11.3 Å². The number of hydrogen-bond donors (Lipinski definition) is 1. The summed E-state index contributed by atoms with van der Waals surface area (Å²) in [6.07, 6.45) is 2.44. The monoisotopic (exact) mass is 283 g/mol. The second kappa shape index (κ2) is 10.3. The molecule has 20 heavy (non-hydrogen) atoms. The van der Waals surface area contributed by atoms with Gasteiger partial charge in [0, 0.05) is 12.3 Å². The van der Waals surface area contributed by atoms with Crippen LogP contribution in [0.15, 0.2) is 6.33 Å². The zero-order valence-electron chi connectivity index (χ0n) is 14.1. The molecule has 1 aromatic rings. The standard InChI is InChI=1S/C9H16O2.C4H7N3.C2H6/c1-6(2)8(11)9(4,5)7(3)10;1-2-4-5-3-6-7-4;1-2/h6H,1-5H3;3H,2H2,1H3,(H,5,6,7);1-2H3. The van der Waals surface area contributed by atoms with Gasteiger partial charge in [-0.15, -0.1) is 0 Å². The van der Waals surface area contributed by atoms with Crippen molar-refractivity contribution in [2.75, 3.05) is 0 Å². The molecule has 0 saturated carbocycles. The highest BCUT2D eigenvalue weighted by Gasteiger charge is 2.33. The van der Waals surface area contributed by atoms with Gasteiger partial charge in [0.25, 0.3) is 0 Å². The van der Waals surface area contributed by atoms with Crippen molar-refractivity contribution >= 4 is 11.6 Å². The van der Waals surface area contributed by atoms with Crippen LogP contribution in [0, 0.1) is 11.3 Å². The minimum Gasteiger partial charge on any atom is -0.299 e. The van der Waals surface area contributed by atoms with E-state index in [-0.39, 0.29) is 17.5 Å². The first kappa shape index (κ1) is 20.8. The number of carbonyl (C=O) groups is 2. The highest BCUT2D eigenvalue weighted by atomic mass is 16.2. The lowest BCUT2D eigenvalue weighted by molar-refractivity contribution is -0.139. The average Bonchev–Trinajstić information content (AvgIpc) is 2.93. The first-order valence-corrected chi connectivity index (χ1v) is 7.13. The van der Waals surface area contributed by atoms with Crippen molar-refractivity contribution < 1.29 is 9.59 Å². The summed E-state index contributed by atoms with van der Waals surface area (Å²) in [5, 5.41) is 6.38. The third-order valence-electron chi connectivity index (χ3n) is 2.82. The molecule has 116 valence electrons. The van der Waals surface area contributed by atoms with E-state index in [4.69, 9.17) is 0 Å². The molecule has 5 heteroatoms. The van der Waals surface area contributed by atoms with Crippen LogP contribution in [0.3, 0.4) is 0 Å². The maximum Gasteiger partial charge on any atom is 0.148 e. The predicted octanol–water partition coefficient (Wildman–Crippen LogP) is 3.22. The Morgan fingerprint density at radius 1 is 1.30 bits per heavy atom. The Balaban J connectivity index is 0. The van der Waals surface area contributed by atoms with Gasteiger partial charge >= 0.3 is 0 Å². The molecule has 5 nitrogen and oxygen atoms in total. The number of nitrogens with one attached hydrogen (secondary N) is 1. The maximum absolute atomic E-state index is 11.4. The maximum atomic E-state index is 11.4. The van der Waals surface area contributed by atoms with E-state index >= 15 is 0 Å². The van der Waals surface area contributed by atoms with Crippen LogP contribution in [-0.4, -0.2) is 26.7 Å². The molecule has 1 heterocycles. The minimum absolute atomic E-state index is 0.0185. The zero-order chi connectivity index (χ0) is 16.3. The van der Waals surface area contributed by atoms with Gasteiger partial charge in [0.1, 0.15) is 23.7 Å². The molecular formula is C15H29N3O2. The summed E-state index contributed by atoms with van der Waals surface area (Å²) in [7, 11) is 0. The lowest BCUT2D eigenvalue weighted by atomic mass is 9.79. The van der Waals surface area contributed by atoms with Crippen molar-refractivity contribution in [2.45, 2.75) is 61.8 Å². The van der Waals surface area contributed by atoms with Crippen LogP contribution in [0.25, 0.3) is 0 Å². The van der Waals surface area contributed by atoms with Gasteiger partial charge in [-0.2, -0.15) is 5.10 Å². The second-order valence-electron chi connectivity index (χ2n) is 4.99. The summed E-state index contributed by atoms with van der Waals surface area (Å²) in [4.78, 5) is 26.2. The fourth-order valence-corrected chi connectivity index (χ4v) is 1.30. The van der Waals surface area contributed by atoms with Gasteiger partial charge in [0.15, 0.2) is 0 Å². The Morgan fingerprint density at radius 3 is 1.95 bits per heavy atom. The smallest absolute Gasteiger partial charge is 0.148 e. The molecule has 0 spiro atoms. The molecule has 0 aliphatic rings. The molecule has 0 amide bonds. The molecule has 0 aliphatic heterocycles. The molecular weight excluding hydrogens is 254 g/mol. The fourth-order valence-electron chi connectivity index (χ4n) is 1.30. The summed E-state index contributed by atoms with van der Waals surface area (Å²) < 4.78 is 0. The molecule has 1 aromatic heterocycles. The third-order valence-corrected chi connectivity index (χ3v) is 2.82. The number of rotatable bonds is 4. The van der Waals surface area contributed by atoms with Crippen molar-refractivity contribution in [3.63, 3.8) is 0 Å². The Kier molecular flexibility index (Phi) is 10.7. The van der Waals surface area contributed by atoms with Gasteiger partial charge in [-0.05, 0) is 20.8 Å². The van der Waals surface area contributed by atoms with Crippen LogP contribution >= 0.6 is 0 Å². The number of hydrogen-bond acceptors (Lipinski definition) is 4. The number of aromatic amines is 1. The van der Waals surface area contributed by atoms with Crippen LogP contribution in [0.5, 0.6) is 0 Å². The van der Waals surface area contributed by atoms with E-state index in [1.807, 2.05) is 34.6 Å². The van der Waals surface area contributed by atoms with Crippen molar-refractivity contribution in [1.29, 1.82) is 0 Å². The summed E-state index contributed by atoms with van der Waals surface area (Å²) >= 11 is 0. The number of aryl methyl sites for hydroxylation is 1. The van der Waals surface area contributed by atoms with Gasteiger partial charge in [0.05, 0.1) is 5.41 Å². The Bertz CT molecular complexity index is 382. The topological polar surface area (TPSA) is 75.7 Å². The highest BCUT2D eigenvalue weighted by Crippen LogP contribution is 2.21. The normalized spacial score (nSPS) is 10.1. The van der Waals surface area contributed by atoms with Crippen molar-refractivity contribution in [3.05, 3.63) is 12.2 Å². The molecule has 0 aromatic carbocycles. The fraction of sp³-hybridized carbons (Fsp3) is 0.733. The number of aromatic nitrogens is 3. The molecule has 0 fully saturated rings. The van der Waals surface area contributed by atoms with Gasteiger partial charge < -0.3 is 0 Å². The minimum atomic E-state index is -0.797. The summed E-state index contributed by atoms with van der Waals surface area (Å²) in [6.45, 7) is 14.5. The van der Waals surface area contributed by atoms with Crippen molar-refractivity contribution in [1.82, 2.24) is 15.2 Å². The molecule has 0 atom stereocenters.